The summed E-state index contributed by atoms with van der Waals surface area (Å²) >= 11 is 6.57. The third-order valence-electron chi connectivity index (χ3n) is 3.47. The van der Waals surface area contributed by atoms with Gasteiger partial charge in [-0.05, 0) is 46.3 Å². The van der Waals surface area contributed by atoms with Crippen LogP contribution in [0.2, 0.25) is 0 Å². The van der Waals surface area contributed by atoms with Crippen molar-refractivity contribution < 1.29 is 8.42 Å². The number of nitrogen functional groups attached to an aromatic ring is 1. The van der Waals surface area contributed by atoms with Gasteiger partial charge in [0.15, 0.2) is 0 Å². The van der Waals surface area contributed by atoms with Gasteiger partial charge in [-0.15, -0.1) is 0 Å². The van der Waals surface area contributed by atoms with Crippen LogP contribution in [0.4, 0.5) is 5.69 Å². The quantitative estimate of drug-likeness (QED) is 0.774. The Morgan fingerprint density at radius 3 is 2.47 bits per heavy atom. The van der Waals surface area contributed by atoms with Gasteiger partial charge in [0.25, 0.3) is 0 Å². The van der Waals surface area contributed by atoms with Crippen LogP contribution in [0.5, 0.6) is 0 Å². The Kier molecular flexibility index (Phi) is 4.30. The summed E-state index contributed by atoms with van der Waals surface area (Å²) in [5, 5.41) is 0. The molecule has 1 fully saturated rings. The molecule has 0 saturated heterocycles. The summed E-state index contributed by atoms with van der Waals surface area (Å²) in [6, 6.07) is 3.29. The lowest BCUT2D eigenvalue weighted by Gasteiger charge is -2.19. The van der Waals surface area contributed by atoms with Crippen LogP contribution in [0.3, 0.4) is 0 Å². The first-order valence-electron chi connectivity index (χ1n) is 5.94. The lowest BCUT2D eigenvalue weighted by Crippen LogP contribution is -2.30. The van der Waals surface area contributed by atoms with Crippen molar-refractivity contribution in [3.8, 4) is 0 Å². The Bertz CT molecular complexity index is 581. The van der Waals surface area contributed by atoms with Crippen LogP contribution in [0.15, 0.2) is 26.0 Å². The smallest absolute Gasteiger partial charge is 0.246 e. The number of hydrogen-bond donors (Lipinski definition) is 1. The van der Waals surface area contributed by atoms with Crippen LogP contribution >= 0.6 is 31.9 Å². The zero-order chi connectivity index (χ0) is 14.4. The molecule has 106 valence electrons. The van der Waals surface area contributed by atoms with E-state index in [2.05, 4.69) is 38.8 Å². The number of sulfonamides is 1. The summed E-state index contributed by atoms with van der Waals surface area (Å²) in [6.45, 7) is 2.68. The van der Waals surface area contributed by atoms with Gasteiger partial charge in [0, 0.05) is 22.5 Å². The number of anilines is 1. The fourth-order valence-corrected chi connectivity index (χ4v) is 5.32. The number of nitrogens with two attached hydrogens (primary N) is 1. The fourth-order valence-electron chi connectivity index (χ4n) is 2.09. The second-order valence-corrected chi connectivity index (χ2v) is 8.82. The summed E-state index contributed by atoms with van der Waals surface area (Å²) in [7, 11) is -1.95. The highest BCUT2D eigenvalue weighted by Crippen LogP contribution is 2.40. The SMILES string of the molecule is CC1CC1CN(C)S(=O)(=O)c1c(N)cc(Br)cc1Br. The Morgan fingerprint density at radius 1 is 1.42 bits per heavy atom. The van der Waals surface area contributed by atoms with Gasteiger partial charge in [-0.1, -0.05) is 22.9 Å². The first-order chi connectivity index (χ1) is 8.73. The van der Waals surface area contributed by atoms with Gasteiger partial charge in [0.05, 0.1) is 5.69 Å². The minimum atomic E-state index is -3.55. The molecule has 0 bridgehead atoms. The highest BCUT2D eigenvalue weighted by molar-refractivity contribution is 9.11. The van der Waals surface area contributed by atoms with Crippen LogP contribution in [0, 0.1) is 11.8 Å². The molecule has 1 aromatic carbocycles. The fraction of sp³-hybridized carbons (Fsp3) is 0.500. The van der Waals surface area contributed by atoms with E-state index in [1.54, 1.807) is 19.2 Å². The predicted octanol–water partition coefficient (Wildman–Crippen LogP) is 3.07. The summed E-state index contributed by atoms with van der Waals surface area (Å²) in [5.74, 6) is 1.08. The van der Waals surface area contributed by atoms with Gasteiger partial charge < -0.3 is 5.73 Å². The van der Waals surface area contributed by atoms with Crippen molar-refractivity contribution in [1.29, 1.82) is 0 Å². The van der Waals surface area contributed by atoms with E-state index in [4.69, 9.17) is 5.73 Å². The maximum Gasteiger partial charge on any atom is 0.246 e. The number of rotatable bonds is 4. The lowest BCUT2D eigenvalue weighted by atomic mass is 10.3. The van der Waals surface area contributed by atoms with Crippen molar-refractivity contribution in [2.75, 3.05) is 19.3 Å². The second kappa shape index (κ2) is 5.35. The van der Waals surface area contributed by atoms with Crippen LogP contribution in [-0.2, 0) is 10.0 Å². The van der Waals surface area contributed by atoms with Crippen LogP contribution in [-0.4, -0.2) is 26.3 Å². The molecule has 0 amide bonds. The molecule has 2 rings (SSSR count). The maximum absolute atomic E-state index is 12.6. The molecule has 2 atom stereocenters. The predicted molar refractivity (Wildman–Crippen MR) is 83.3 cm³/mol. The molecule has 1 aliphatic rings. The molecule has 4 nitrogen and oxygen atoms in total. The molecule has 0 heterocycles. The molecule has 2 N–H and O–H groups in total. The van der Waals surface area contributed by atoms with Gasteiger partial charge in [0.1, 0.15) is 4.90 Å². The number of nitrogens with zero attached hydrogens (tertiary/aromatic N) is 1. The van der Waals surface area contributed by atoms with E-state index in [0.717, 1.165) is 10.9 Å². The summed E-state index contributed by atoms with van der Waals surface area (Å²) in [6.07, 6.45) is 1.09. The molecule has 2 unspecified atom stereocenters. The molecular formula is C12H16Br2N2O2S. The third-order valence-corrected chi connectivity index (χ3v) is 6.76. The van der Waals surface area contributed by atoms with Gasteiger partial charge in [-0.2, -0.15) is 0 Å². The lowest BCUT2D eigenvalue weighted by molar-refractivity contribution is 0.444. The molecule has 1 aliphatic carbocycles. The van der Waals surface area contributed by atoms with E-state index in [1.807, 2.05) is 0 Å². The molecule has 0 radical (unpaired) electrons. The van der Waals surface area contributed by atoms with Crippen molar-refractivity contribution in [3.63, 3.8) is 0 Å². The first kappa shape index (κ1) is 15.3. The average molecular weight is 412 g/mol. The topological polar surface area (TPSA) is 63.4 Å². The molecule has 1 saturated carbocycles. The molecular weight excluding hydrogens is 396 g/mol. The highest BCUT2D eigenvalue weighted by atomic mass is 79.9. The van der Waals surface area contributed by atoms with Crippen molar-refractivity contribution in [3.05, 3.63) is 21.1 Å². The second-order valence-electron chi connectivity index (χ2n) is 5.06. The van der Waals surface area contributed by atoms with Crippen LogP contribution in [0.1, 0.15) is 13.3 Å². The zero-order valence-electron chi connectivity index (χ0n) is 10.7. The summed E-state index contributed by atoms with van der Waals surface area (Å²) in [5.41, 5.74) is 6.10. The summed E-state index contributed by atoms with van der Waals surface area (Å²) < 4.78 is 27.7. The Morgan fingerprint density at radius 2 is 2.00 bits per heavy atom. The van der Waals surface area contributed by atoms with Gasteiger partial charge in [-0.25, -0.2) is 12.7 Å². The highest BCUT2D eigenvalue weighted by Gasteiger charge is 2.37. The standard InChI is InChI=1S/C12H16Br2N2O2S/c1-7-3-8(7)6-16(2)19(17,18)12-10(14)4-9(13)5-11(12)15/h4-5,7-8H,3,6,15H2,1-2H3. The molecule has 7 heteroatoms. The van der Waals surface area contributed by atoms with Gasteiger partial charge >= 0.3 is 0 Å². The van der Waals surface area contributed by atoms with E-state index < -0.39 is 10.0 Å². The largest absolute Gasteiger partial charge is 0.398 e. The van der Waals surface area contributed by atoms with Crippen molar-refractivity contribution in [2.24, 2.45) is 11.8 Å². The van der Waals surface area contributed by atoms with E-state index in [-0.39, 0.29) is 10.6 Å². The van der Waals surface area contributed by atoms with Crippen molar-refractivity contribution in [2.45, 2.75) is 18.2 Å². The Hall–Kier alpha value is -0.110. The monoisotopic (exact) mass is 410 g/mol. The van der Waals surface area contributed by atoms with E-state index in [1.165, 1.54) is 4.31 Å². The molecule has 19 heavy (non-hydrogen) atoms. The number of hydrogen-bond acceptors (Lipinski definition) is 3. The van der Waals surface area contributed by atoms with E-state index in [0.29, 0.717) is 22.9 Å². The van der Waals surface area contributed by atoms with Crippen LogP contribution in [0.25, 0.3) is 0 Å². The van der Waals surface area contributed by atoms with E-state index >= 15 is 0 Å². The minimum Gasteiger partial charge on any atom is -0.398 e. The van der Waals surface area contributed by atoms with Gasteiger partial charge in [-0.3, -0.25) is 0 Å². The van der Waals surface area contributed by atoms with Crippen molar-refractivity contribution in [1.82, 2.24) is 4.31 Å². The maximum atomic E-state index is 12.6. The minimum absolute atomic E-state index is 0.145. The van der Waals surface area contributed by atoms with E-state index in [9.17, 15) is 8.42 Å². The molecule has 0 aliphatic heterocycles. The molecule has 0 aromatic heterocycles. The normalized spacial score (nSPS) is 22.8. The number of benzene rings is 1. The average Bonchev–Trinajstić information content (AvgIpc) is 2.91. The third kappa shape index (κ3) is 3.15. The molecule has 1 aromatic rings. The summed E-state index contributed by atoms with van der Waals surface area (Å²) in [4.78, 5) is 0.145. The molecule has 0 spiro atoms. The van der Waals surface area contributed by atoms with Gasteiger partial charge in [0.2, 0.25) is 10.0 Å². The number of halogens is 2. The zero-order valence-corrected chi connectivity index (χ0v) is 14.7. The van der Waals surface area contributed by atoms with Crippen LogP contribution < -0.4 is 5.73 Å². The Labute approximate surface area is 130 Å². The Balaban J connectivity index is 2.33. The van der Waals surface area contributed by atoms with Crippen molar-refractivity contribution >= 4 is 47.6 Å². The first-order valence-corrected chi connectivity index (χ1v) is 8.97.